The summed E-state index contributed by atoms with van der Waals surface area (Å²) >= 11 is 6.86. The van der Waals surface area contributed by atoms with Crippen LogP contribution in [0.4, 0.5) is 13.2 Å². The van der Waals surface area contributed by atoms with Crippen molar-refractivity contribution in [3.05, 3.63) is 33.3 Å². The number of nitrogens with zero attached hydrogens (tertiary/aromatic N) is 1. The lowest BCUT2D eigenvalue weighted by atomic mass is 9.89. The van der Waals surface area contributed by atoms with Gasteiger partial charge in [0.2, 0.25) is 0 Å². The highest BCUT2D eigenvalue weighted by Crippen LogP contribution is 2.41. The quantitative estimate of drug-likeness (QED) is 0.794. The van der Waals surface area contributed by atoms with Crippen molar-refractivity contribution in [2.45, 2.75) is 25.9 Å². The van der Waals surface area contributed by atoms with Crippen LogP contribution in [0.15, 0.2) is 12.1 Å². The SMILES string of the molecule is Cc1cc(-c2nc3c(s2)C(=O)C(C(F)(F)F)CC3)cc(Cl)c1O. The first-order valence-electron chi connectivity index (χ1n) is 6.78. The Morgan fingerprint density at radius 1 is 1.39 bits per heavy atom. The number of benzene rings is 1. The van der Waals surface area contributed by atoms with Gasteiger partial charge in [0.25, 0.3) is 0 Å². The number of carbonyl (C=O) groups is 1. The van der Waals surface area contributed by atoms with Crippen LogP contribution in [0.2, 0.25) is 5.02 Å². The molecule has 0 saturated heterocycles. The van der Waals surface area contributed by atoms with Gasteiger partial charge in [-0.3, -0.25) is 4.79 Å². The molecule has 0 spiro atoms. The van der Waals surface area contributed by atoms with E-state index in [2.05, 4.69) is 4.98 Å². The standard InChI is InChI=1S/C15H11ClF3NO2S/c1-6-4-7(5-9(16)11(6)21)14-20-10-3-2-8(15(17,18)19)12(22)13(10)23-14/h4-5,8,21H,2-3H2,1H3. The van der Waals surface area contributed by atoms with Crippen LogP contribution in [-0.4, -0.2) is 22.1 Å². The Morgan fingerprint density at radius 3 is 2.70 bits per heavy atom. The van der Waals surface area contributed by atoms with Gasteiger partial charge in [0.1, 0.15) is 16.7 Å². The number of phenols is 1. The number of fused-ring (bicyclic) bond motifs is 1. The minimum Gasteiger partial charge on any atom is -0.506 e. The van der Waals surface area contributed by atoms with Crippen molar-refractivity contribution in [2.75, 3.05) is 0 Å². The van der Waals surface area contributed by atoms with E-state index in [1.54, 1.807) is 13.0 Å². The first-order chi connectivity index (χ1) is 10.7. The lowest BCUT2D eigenvalue weighted by Crippen LogP contribution is -2.34. The molecular weight excluding hydrogens is 351 g/mol. The van der Waals surface area contributed by atoms with Crippen molar-refractivity contribution >= 4 is 28.7 Å². The van der Waals surface area contributed by atoms with Crippen LogP contribution < -0.4 is 0 Å². The van der Waals surface area contributed by atoms with E-state index in [-0.39, 0.29) is 28.5 Å². The van der Waals surface area contributed by atoms with E-state index in [1.807, 2.05) is 0 Å². The summed E-state index contributed by atoms with van der Waals surface area (Å²) in [6, 6.07) is 3.12. The van der Waals surface area contributed by atoms with E-state index in [0.29, 0.717) is 21.8 Å². The number of hydrogen-bond acceptors (Lipinski definition) is 4. The number of rotatable bonds is 1. The van der Waals surface area contributed by atoms with Crippen LogP contribution in [0, 0.1) is 12.8 Å². The Hall–Kier alpha value is -1.60. The zero-order valence-electron chi connectivity index (χ0n) is 11.9. The molecule has 3 nitrogen and oxygen atoms in total. The highest BCUT2D eigenvalue weighted by atomic mass is 35.5. The van der Waals surface area contributed by atoms with Crippen LogP contribution in [0.3, 0.4) is 0 Å². The van der Waals surface area contributed by atoms with Crippen molar-refractivity contribution in [3.8, 4) is 16.3 Å². The Morgan fingerprint density at radius 2 is 2.09 bits per heavy atom. The number of phenolic OH excluding ortho intramolecular Hbond substituents is 1. The molecule has 1 aromatic carbocycles. The summed E-state index contributed by atoms with van der Waals surface area (Å²) < 4.78 is 38.7. The number of alkyl halides is 3. The van der Waals surface area contributed by atoms with Gasteiger partial charge in [0.15, 0.2) is 5.78 Å². The van der Waals surface area contributed by atoms with Crippen LogP contribution in [0.1, 0.15) is 27.3 Å². The highest BCUT2D eigenvalue weighted by molar-refractivity contribution is 7.17. The molecule has 0 radical (unpaired) electrons. The number of aryl methyl sites for hydroxylation is 2. The molecule has 3 rings (SSSR count). The molecule has 1 aliphatic rings. The Kier molecular flexibility index (Phi) is 3.88. The lowest BCUT2D eigenvalue weighted by molar-refractivity contribution is -0.162. The van der Waals surface area contributed by atoms with E-state index < -0.39 is 17.9 Å². The number of ketones is 1. The van der Waals surface area contributed by atoms with Gasteiger partial charge in [-0.2, -0.15) is 13.2 Å². The average molecular weight is 362 g/mol. The third-order valence-electron chi connectivity index (χ3n) is 3.80. The Balaban J connectivity index is 2.03. The first kappa shape index (κ1) is 16.3. The molecule has 1 aliphatic carbocycles. The predicted molar refractivity (Wildman–Crippen MR) is 81.2 cm³/mol. The molecule has 1 unspecified atom stereocenters. The molecule has 0 saturated carbocycles. The van der Waals surface area contributed by atoms with Gasteiger partial charge in [-0.25, -0.2) is 4.98 Å². The smallest absolute Gasteiger partial charge is 0.399 e. The number of hydrogen-bond donors (Lipinski definition) is 1. The minimum atomic E-state index is -4.53. The number of aromatic hydroxyl groups is 1. The van der Waals surface area contributed by atoms with Gasteiger partial charge in [0.05, 0.1) is 15.6 Å². The Labute approximate surface area is 138 Å². The molecule has 1 aromatic heterocycles. The number of carbonyl (C=O) groups excluding carboxylic acids is 1. The lowest BCUT2D eigenvalue weighted by Gasteiger charge is -2.21. The summed E-state index contributed by atoms with van der Waals surface area (Å²) in [4.78, 5) is 16.4. The monoisotopic (exact) mass is 361 g/mol. The Bertz CT molecular complexity index is 778. The average Bonchev–Trinajstić information content (AvgIpc) is 2.88. The molecule has 0 aliphatic heterocycles. The predicted octanol–water partition coefficient (Wildman–Crippen LogP) is 4.78. The summed E-state index contributed by atoms with van der Waals surface area (Å²) in [5.74, 6) is -2.91. The van der Waals surface area contributed by atoms with Crippen molar-refractivity contribution in [2.24, 2.45) is 5.92 Å². The van der Waals surface area contributed by atoms with Crippen LogP contribution >= 0.6 is 22.9 Å². The summed E-state index contributed by atoms with van der Waals surface area (Å²) in [6.07, 6.45) is -4.68. The summed E-state index contributed by atoms with van der Waals surface area (Å²) in [7, 11) is 0. The van der Waals surface area contributed by atoms with Gasteiger partial charge in [-0.1, -0.05) is 11.6 Å². The van der Waals surface area contributed by atoms with Crippen LogP contribution in [0.5, 0.6) is 5.75 Å². The zero-order valence-corrected chi connectivity index (χ0v) is 13.4. The second-order valence-electron chi connectivity index (χ2n) is 5.42. The molecular formula is C15H11ClF3NO2S. The van der Waals surface area contributed by atoms with Crippen LogP contribution in [0.25, 0.3) is 10.6 Å². The molecule has 2 aromatic rings. The topological polar surface area (TPSA) is 50.2 Å². The van der Waals surface area contributed by atoms with Crippen molar-refractivity contribution in [3.63, 3.8) is 0 Å². The molecule has 1 N–H and O–H groups in total. The molecule has 0 amide bonds. The van der Waals surface area contributed by atoms with E-state index in [0.717, 1.165) is 11.3 Å². The van der Waals surface area contributed by atoms with Gasteiger partial charge < -0.3 is 5.11 Å². The number of thiazole rings is 1. The molecule has 1 atom stereocenters. The molecule has 23 heavy (non-hydrogen) atoms. The van der Waals surface area contributed by atoms with Crippen molar-refractivity contribution in [1.82, 2.24) is 4.98 Å². The van der Waals surface area contributed by atoms with Gasteiger partial charge in [-0.15, -0.1) is 11.3 Å². The summed E-state index contributed by atoms with van der Waals surface area (Å²) in [5.41, 5.74) is 1.50. The maximum absolute atomic E-state index is 12.9. The fourth-order valence-electron chi connectivity index (χ4n) is 2.58. The summed E-state index contributed by atoms with van der Waals surface area (Å²) in [6.45, 7) is 1.66. The van der Waals surface area contributed by atoms with E-state index >= 15 is 0 Å². The first-order valence-corrected chi connectivity index (χ1v) is 7.98. The van der Waals surface area contributed by atoms with Crippen LogP contribution in [-0.2, 0) is 6.42 Å². The zero-order chi connectivity index (χ0) is 16.9. The maximum Gasteiger partial charge on any atom is 0.399 e. The summed E-state index contributed by atoms with van der Waals surface area (Å²) in [5, 5.41) is 10.2. The fraction of sp³-hybridized carbons (Fsp3) is 0.333. The number of Topliss-reactive ketones (excluding diaryl/α,β-unsaturated/α-hetero) is 1. The van der Waals surface area contributed by atoms with E-state index in [9.17, 15) is 23.1 Å². The largest absolute Gasteiger partial charge is 0.506 e. The highest BCUT2D eigenvalue weighted by Gasteiger charge is 2.48. The van der Waals surface area contributed by atoms with E-state index in [4.69, 9.17) is 11.6 Å². The third-order valence-corrected chi connectivity index (χ3v) is 5.25. The number of halogens is 4. The molecule has 8 heteroatoms. The third kappa shape index (κ3) is 2.83. The molecule has 0 fully saturated rings. The van der Waals surface area contributed by atoms with E-state index in [1.165, 1.54) is 6.07 Å². The van der Waals surface area contributed by atoms with Crippen molar-refractivity contribution < 1.29 is 23.1 Å². The second-order valence-corrected chi connectivity index (χ2v) is 6.82. The second kappa shape index (κ2) is 5.49. The van der Waals surface area contributed by atoms with Gasteiger partial charge in [0, 0.05) is 5.56 Å². The minimum absolute atomic E-state index is 0.0510. The molecule has 1 heterocycles. The molecule has 122 valence electrons. The molecule has 0 bridgehead atoms. The van der Waals surface area contributed by atoms with Crippen molar-refractivity contribution in [1.29, 1.82) is 0 Å². The maximum atomic E-state index is 12.9. The number of aromatic nitrogens is 1. The van der Waals surface area contributed by atoms with Gasteiger partial charge in [-0.05, 0) is 37.5 Å². The van der Waals surface area contributed by atoms with Gasteiger partial charge >= 0.3 is 6.18 Å². The fourth-order valence-corrected chi connectivity index (χ4v) is 3.94. The normalized spacial score (nSPS) is 18.1.